The lowest BCUT2D eigenvalue weighted by Gasteiger charge is -2.14. The lowest BCUT2D eigenvalue weighted by molar-refractivity contribution is -0.138. The molecule has 0 aliphatic carbocycles. The molecular formula is C23H19F3N2O3S. The van der Waals surface area contributed by atoms with E-state index in [1.54, 1.807) is 12.3 Å². The van der Waals surface area contributed by atoms with E-state index in [2.05, 4.69) is 9.97 Å². The fraction of sp³-hybridized carbons (Fsp3) is 0.217. The maximum Gasteiger partial charge on any atom is 0.416 e. The molecule has 0 bridgehead atoms. The Bertz CT molecular complexity index is 1280. The van der Waals surface area contributed by atoms with Gasteiger partial charge in [0.2, 0.25) is 0 Å². The molecule has 2 aromatic carbocycles. The highest BCUT2D eigenvalue weighted by atomic mass is 32.1. The maximum absolute atomic E-state index is 12.8. The summed E-state index contributed by atoms with van der Waals surface area (Å²) in [4.78, 5) is 19.4. The van der Waals surface area contributed by atoms with E-state index in [1.165, 1.54) is 23.5 Å². The second kappa shape index (κ2) is 8.31. The van der Waals surface area contributed by atoms with Crippen LogP contribution in [-0.4, -0.2) is 21.0 Å². The zero-order valence-electron chi connectivity index (χ0n) is 17.2. The number of rotatable bonds is 6. The minimum atomic E-state index is -4.38. The Kier molecular flexibility index (Phi) is 5.68. The fourth-order valence-corrected chi connectivity index (χ4v) is 4.57. The standard InChI is InChI=1S/C23H19F3N2O3S/c1-12-21(32-22(28-12)14-3-5-16(6-4-14)23(24,25)26)13(2)31-17-7-8-18-15(9-20(29)30)11-27-19(18)10-17/h3-8,10-11,13,27H,9H2,1-2H3,(H,29,30). The van der Waals surface area contributed by atoms with Crippen molar-refractivity contribution in [2.75, 3.05) is 0 Å². The smallest absolute Gasteiger partial charge is 0.416 e. The molecule has 32 heavy (non-hydrogen) atoms. The van der Waals surface area contributed by atoms with Crippen LogP contribution in [0.25, 0.3) is 21.5 Å². The second-order valence-corrected chi connectivity index (χ2v) is 8.43. The molecule has 5 nitrogen and oxygen atoms in total. The summed E-state index contributed by atoms with van der Waals surface area (Å²) < 4.78 is 44.5. The van der Waals surface area contributed by atoms with Crippen LogP contribution in [0.5, 0.6) is 5.75 Å². The molecular weight excluding hydrogens is 441 g/mol. The Labute approximate surface area is 185 Å². The Morgan fingerprint density at radius 3 is 2.59 bits per heavy atom. The predicted molar refractivity (Wildman–Crippen MR) is 116 cm³/mol. The van der Waals surface area contributed by atoms with Crippen LogP contribution in [-0.2, 0) is 17.4 Å². The highest BCUT2D eigenvalue weighted by Crippen LogP contribution is 2.36. The first-order chi connectivity index (χ1) is 15.1. The number of carboxylic acids is 1. The number of halogens is 3. The number of carbonyl (C=O) groups is 1. The fourth-order valence-electron chi connectivity index (χ4n) is 3.52. The Hall–Kier alpha value is -3.33. The van der Waals surface area contributed by atoms with Crippen molar-refractivity contribution < 1.29 is 27.8 Å². The summed E-state index contributed by atoms with van der Waals surface area (Å²) in [6, 6.07) is 10.4. The van der Waals surface area contributed by atoms with Gasteiger partial charge < -0.3 is 14.8 Å². The van der Waals surface area contributed by atoms with Crippen molar-refractivity contribution in [3.8, 4) is 16.3 Å². The van der Waals surface area contributed by atoms with Crippen LogP contribution in [0.15, 0.2) is 48.7 Å². The van der Waals surface area contributed by atoms with Crippen molar-refractivity contribution in [2.24, 2.45) is 0 Å². The van der Waals surface area contributed by atoms with Gasteiger partial charge in [0.05, 0.1) is 22.6 Å². The monoisotopic (exact) mass is 460 g/mol. The number of nitrogens with zero attached hydrogens (tertiary/aromatic N) is 1. The highest BCUT2D eigenvalue weighted by Gasteiger charge is 2.30. The van der Waals surface area contributed by atoms with Crippen LogP contribution in [0.3, 0.4) is 0 Å². The van der Waals surface area contributed by atoms with Gasteiger partial charge in [0.1, 0.15) is 16.9 Å². The van der Waals surface area contributed by atoms with E-state index >= 15 is 0 Å². The van der Waals surface area contributed by atoms with Crippen molar-refractivity contribution in [1.29, 1.82) is 0 Å². The predicted octanol–water partition coefficient (Wildman–Crippen LogP) is 6.39. The third-order valence-corrected chi connectivity index (χ3v) is 6.42. The number of hydrogen-bond acceptors (Lipinski definition) is 4. The topological polar surface area (TPSA) is 75.2 Å². The largest absolute Gasteiger partial charge is 0.485 e. The summed E-state index contributed by atoms with van der Waals surface area (Å²) in [5.74, 6) is -0.290. The molecule has 1 atom stereocenters. The number of thiazole rings is 1. The normalized spacial score (nSPS) is 12.8. The average molecular weight is 460 g/mol. The molecule has 0 saturated carbocycles. The Morgan fingerprint density at radius 1 is 1.22 bits per heavy atom. The van der Waals surface area contributed by atoms with Gasteiger partial charge in [-0.3, -0.25) is 4.79 Å². The summed E-state index contributed by atoms with van der Waals surface area (Å²) in [5, 5.41) is 10.5. The van der Waals surface area contributed by atoms with Gasteiger partial charge in [-0.25, -0.2) is 4.98 Å². The summed E-state index contributed by atoms with van der Waals surface area (Å²) in [5.41, 5.74) is 2.15. The third-order valence-electron chi connectivity index (χ3n) is 5.05. The van der Waals surface area contributed by atoms with Gasteiger partial charge in [-0.15, -0.1) is 11.3 Å². The number of ether oxygens (including phenoxy) is 1. The van der Waals surface area contributed by atoms with Crippen LogP contribution in [0.2, 0.25) is 0 Å². The molecule has 4 aromatic rings. The number of alkyl halides is 3. The molecule has 0 amide bonds. The van der Waals surface area contributed by atoms with Crippen molar-refractivity contribution in [1.82, 2.24) is 9.97 Å². The van der Waals surface area contributed by atoms with Gasteiger partial charge in [0, 0.05) is 28.7 Å². The van der Waals surface area contributed by atoms with Crippen molar-refractivity contribution in [2.45, 2.75) is 32.5 Å². The Morgan fingerprint density at radius 2 is 1.94 bits per heavy atom. The van der Waals surface area contributed by atoms with E-state index in [1.807, 2.05) is 26.0 Å². The minimum Gasteiger partial charge on any atom is -0.485 e. The molecule has 166 valence electrons. The number of aromatic amines is 1. The summed E-state index contributed by atoms with van der Waals surface area (Å²) >= 11 is 1.38. The van der Waals surface area contributed by atoms with Crippen molar-refractivity contribution in [3.63, 3.8) is 0 Å². The summed E-state index contributed by atoms with van der Waals surface area (Å²) in [7, 11) is 0. The van der Waals surface area contributed by atoms with Crippen molar-refractivity contribution in [3.05, 3.63) is 70.4 Å². The molecule has 1 unspecified atom stereocenters. The van der Waals surface area contributed by atoms with E-state index in [9.17, 15) is 18.0 Å². The Balaban J connectivity index is 1.53. The van der Waals surface area contributed by atoms with E-state index < -0.39 is 17.7 Å². The first-order valence-electron chi connectivity index (χ1n) is 9.75. The van der Waals surface area contributed by atoms with Gasteiger partial charge in [0.25, 0.3) is 0 Å². The molecule has 0 aliphatic heterocycles. The quantitative estimate of drug-likeness (QED) is 0.350. The van der Waals surface area contributed by atoms with Crippen LogP contribution in [0.4, 0.5) is 13.2 Å². The number of aryl methyl sites for hydroxylation is 1. The van der Waals surface area contributed by atoms with E-state index in [4.69, 9.17) is 9.84 Å². The number of benzene rings is 2. The number of fused-ring (bicyclic) bond motifs is 1. The molecule has 2 aromatic heterocycles. The molecule has 0 saturated heterocycles. The van der Waals surface area contributed by atoms with E-state index in [0.29, 0.717) is 21.9 Å². The molecule has 0 aliphatic rings. The zero-order chi connectivity index (χ0) is 23.0. The number of aliphatic carboxylic acids is 1. The third kappa shape index (κ3) is 4.47. The molecule has 0 spiro atoms. The van der Waals surface area contributed by atoms with E-state index in [-0.39, 0.29) is 12.5 Å². The number of hydrogen-bond donors (Lipinski definition) is 2. The summed E-state index contributed by atoms with van der Waals surface area (Å²) in [6.45, 7) is 3.72. The molecule has 9 heteroatoms. The molecule has 2 heterocycles. The number of carboxylic acid groups (broad SMARTS) is 1. The molecule has 0 radical (unpaired) electrons. The maximum atomic E-state index is 12.8. The van der Waals surface area contributed by atoms with Crippen LogP contribution < -0.4 is 4.74 Å². The summed E-state index contributed by atoms with van der Waals surface area (Å²) in [6.07, 6.45) is -3.10. The lowest BCUT2D eigenvalue weighted by Crippen LogP contribution is -2.03. The van der Waals surface area contributed by atoms with Crippen LogP contribution in [0, 0.1) is 6.92 Å². The molecule has 0 fully saturated rings. The second-order valence-electron chi connectivity index (χ2n) is 7.40. The first-order valence-corrected chi connectivity index (χ1v) is 10.6. The molecule has 2 N–H and O–H groups in total. The number of aromatic nitrogens is 2. The van der Waals surface area contributed by atoms with Gasteiger partial charge in [-0.05, 0) is 43.7 Å². The highest BCUT2D eigenvalue weighted by molar-refractivity contribution is 7.15. The number of nitrogens with one attached hydrogen (secondary N) is 1. The molecule has 4 rings (SSSR count). The minimum absolute atomic E-state index is 0.0661. The van der Waals surface area contributed by atoms with E-state index in [0.717, 1.165) is 33.6 Å². The van der Waals surface area contributed by atoms with Crippen LogP contribution in [0.1, 0.15) is 34.7 Å². The van der Waals surface area contributed by atoms with Gasteiger partial charge in [0.15, 0.2) is 0 Å². The van der Waals surface area contributed by atoms with Gasteiger partial charge >= 0.3 is 12.1 Å². The van der Waals surface area contributed by atoms with Gasteiger partial charge in [-0.2, -0.15) is 13.2 Å². The SMILES string of the molecule is Cc1nc(-c2ccc(C(F)(F)F)cc2)sc1C(C)Oc1ccc2c(CC(=O)O)c[nH]c2c1. The lowest BCUT2D eigenvalue weighted by atomic mass is 10.1. The average Bonchev–Trinajstić information content (AvgIpc) is 3.30. The van der Waals surface area contributed by atoms with Crippen LogP contribution >= 0.6 is 11.3 Å². The van der Waals surface area contributed by atoms with Crippen molar-refractivity contribution >= 4 is 28.2 Å². The van der Waals surface area contributed by atoms with Gasteiger partial charge in [-0.1, -0.05) is 12.1 Å². The zero-order valence-corrected chi connectivity index (χ0v) is 18.0. The number of H-pyrrole nitrogens is 1. The first kappa shape index (κ1) is 21.9.